The molecular formula is C12H18N2O2. The molecule has 0 aliphatic carbocycles. The average molecular weight is 222 g/mol. The van der Waals surface area contributed by atoms with Gasteiger partial charge < -0.3 is 10.4 Å². The van der Waals surface area contributed by atoms with E-state index in [1.54, 1.807) is 19.2 Å². The molecule has 0 spiro atoms. The lowest BCUT2D eigenvalue weighted by molar-refractivity contribution is -0.121. The van der Waals surface area contributed by atoms with Crippen LogP contribution >= 0.6 is 0 Å². The number of phenols is 1. The molecule has 0 bridgehead atoms. The Morgan fingerprint density at radius 1 is 1.44 bits per heavy atom. The molecule has 1 amide bonds. The van der Waals surface area contributed by atoms with E-state index in [2.05, 4.69) is 5.32 Å². The lowest BCUT2D eigenvalue weighted by Crippen LogP contribution is -2.34. The molecular weight excluding hydrogens is 204 g/mol. The Hall–Kier alpha value is -1.55. The van der Waals surface area contributed by atoms with Crippen LogP contribution in [0.1, 0.15) is 18.5 Å². The molecule has 88 valence electrons. The molecule has 1 rings (SSSR count). The van der Waals surface area contributed by atoms with Crippen molar-refractivity contribution in [3.8, 4) is 5.75 Å². The second-order valence-electron chi connectivity index (χ2n) is 3.86. The number of hydrogen-bond acceptors (Lipinski definition) is 3. The summed E-state index contributed by atoms with van der Waals surface area (Å²) in [7, 11) is 3.52. The van der Waals surface area contributed by atoms with Crippen molar-refractivity contribution in [1.29, 1.82) is 0 Å². The van der Waals surface area contributed by atoms with Gasteiger partial charge in [-0.05, 0) is 31.7 Å². The first-order chi connectivity index (χ1) is 7.54. The van der Waals surface area contributed by atoms with Crippen molar-refractivity contribution in [3.63, 3.8) is 0 Å². The van der Waals surface area contributed by atoms with Crippen LogP contribution in [-0.4, -0.2) is 36.6 Å². The van der Waals surface area contributed by atoms with Crippen molar-refractivity contribution >= 4 is 5.91 Å². The van der Waals surface area contributed by atoms with Gasteiger partial charge in [-0.1, -0.05) is 12.1 Å². The lowest BCUT2D eigenvalue weighted by Gasteiger charge is -2.24. The predicted octanol–water partition coefficient (Wildman–Crippen LogP) is 1.13. The molecule has 0 radical (unpaired) electrons. The van der Waals surface area contributed by atoms with Gasteiger partial charge in [0.1, 0.15) is 5.75 Å². The van der Waals surface area contributed by atoms with Crippen LogP contribution in [0, 0.1) is 0 Å². The van der Waals surface area contributed by atoms with Crippen LogP contribution in [0.3, 0.4) is 0 Å². The normalized spacial score (nSPS) is 12.5. The second kappa shape index (κ2) is 5.51. The predicted molar refractivity (Wildman–Crippen MR) is 63.2 cm³/mol. The number of carbonyl (C=O) groups is 1. The first kappa shape index (κ1) is 12.5. The van der Waals surface area contributed by atoms with Gasteiger partial charge in [0.25, 0.3) is 0 Å². The molecule has 0 aromatic heterocycles. The van der Waals surface area contributed by atoms with Gasteiger partial charge >= 0.3 is 0 Å². The van der Waals surface area contributed by atoms with Crippen LogP contribution in [0.15, 0.2) is 24.3 Å². The minimum Gasteiger partial charge on any atom is -0.508 e. The molecule has 0 aliphatic heterocycles. The van der Waals surface area contributed by atoms with Gasteiger partial charge in [-0.25, -0.2) is 0 Å². The van der Waals surface area contributed by atoms with Crippen molar-refractivity contribution in [2.75, 3.05) is 20.6 Å². The number of likely N-dealkylation sites (N-methyl/N-ethyl adjacent to an activating group) is 2. The fourth-order valence-electron chi connectivity index (χ4n) is 1.45. The summed E-state index contributed by atoms with van der Waals surface area (Å²) in [6.07, 6.45) is 0. The number of hydrogen-bond donors (Lipinski definition) is 2. The van der Waals surface area contributed by atoms with Crippen molar-refractivity contribution in [2.45, 2.75) is 13.0 Å². The van der Waals surface area contributed by atoms with Gasteiger partial charge in [0.05, 0.1) is 6.54 Å². The number of rotatable bonds is 4. The molecule has 1 unspecified atom stereocenters. The summed E-state index contributed by atoms with van der Waals surface area (Å²) in [6, 6.07) is 7.16. The van der Waals surface area contributed by atoms with Crippen molar-refractivity contribution in [1.82, 2.24) is 10.2 Å². The molecule has 1 aromatic carbocycles. The quantitative estimate of drug-likeness (QED) is 0.803. The van der Waals surface area contributed by atoms with E-state index in [1.165, 1.54) is 0 Å². The third-order valence-corrected chi connectivity index (χ3v) is 2.71. The molecule has 16 heavy (non-hydrogen) atoms. The van der Waals surface area contributed by atoms with E-state index in [4.69, 9.17) is 0 Å². The van der Waals surface area contributed by atoms with E-state index >= 15 is 0 Å². The lowest BCUT2D eigenvalue weighted by atomic mass is 10.1. The number of benzene rings is 1. The van der Waals surface area contributed by atoms with Gasteiger partial charge in [-0.15, -0.1) is 0 Å². The second-order valence-corrected chi connectivity index (χ2v) is 3.86. The first-order valence-corrected chi connectivity index (χ1v) is 5.24. The fraction of sp³-hybridized carbons (Fsp3) is 0.417. The molecule has 0 aliphatic rings. The van der Waals surface area contributed by atoms with E-state index in [0.29, 0.717) is 6.54 Å². The van der Waals surface area contributed by atoms with Crippen LogP contribution in [0.4, 0.5) is 0 Å². The maximum atomic E-state index is 11.2. The Kier molecular flexibility index (Phi) is 4.31. The van der Waals surface area contributed by atoms with Gasteiger partial charge in [0.2, 0.25) is 5.91 Å². The van der Waals surface area contributed by atoms with Crippen molar-refractivity contribution < 1.29 is 9.90 Å². The number of nitrogens with zero attached hydrogens (tertiary/aromatic N) is 1. The van der Waals surface area contributed by atoms with E-state index in [-0.39, 0.29) is 17.7 Å². The Labute approximate surface area is 95.9 Å². The topological polar surface area (TPSA) is 52.6 Å². The third-order valence-electron chi connectivity index (χ3n) is 2.71. The van der Waals surface area contributed by atoms with Gasteiger partial charge in [0, 0.05) is 13.1 Å². The summed E-state index contributed by atoms with van der Waals surface area (Å²) < 4.78 is 0. The summed E-state index contributed by atoms with van der Waals surface area (Å²) in [5.41, 5.74) is 1.07. The molecule has 4 heteroatoms. The van der Waals surface area contributed by atoms with Crippen LogP contribution in [0.25, 0.3) is 0 Å². The molecule has 0 saturated carbocycles. The number of amides is 1. The fourth-order valence-corrected chi connectivity index (χ4v) is 1.45. The number of phenolic OH excluding ortho intramolecular Hbond substituents is 1. The van der Waals surface area contributed by atoms with E-state index in [1.807, 2.05) is 31.0 Å². The highest BCUT2D eigenvalue weighted by molar-refractivity contribution is 5.77. The standard InChI is InChI=1S/C12H18N2O2/c1-9(14(3)8-12(16)13-2)10-4-6-11(15)7-5-10/h4-7,9,15H,8H2,1-3H3,(H,13,16). The monoisotopic (exact) mass is 222 g/mol. The SMILES string of the molecule is CNC(=O)CN(C)C(C)c1ccc(O)cc1. The van der Waals surface area contributed by atoms with Gasteiger partial charge in [-0.2, -0.15) is 0 Å². The molecule has 0 heterocycles. The number of nitrogens with one attached hydrogen (secondary N) is 1. The summed E-state index contributed by atoms with van der Waals surface area (Å²) in [6.45, 7) is 2.38. The number of carbonyl (C=O) groups excluding carboxylic acids is 1. The number of aromatic hydroxyl groups is 1. The van der Waals surface area contributed by atoms with E-state index in [9.17, 15) is 9.90 Å². The zero-order valence-electron chi connectivity index (χ0n) is 9.90. The molecule has 1 aromatic rings. The summed E-state index contributed by atoms with van der Waals surface area (Å²) in [5, 5.41) is 11.8. The summed E-state index contributed by atoms with van der Waals surface area (Å²) in [4.78, 5) is 13.2. The average Bonchev–Trinajstić information content (AvgIpc) is 2.28. The molecule has 1 atom stereocenters. The van der Waals surface area contributed by atoms with Crippen molar-refractivity contribution in [3.05, 3.63) is 29.8 Å². The first-order valence-electron chi connectivity index (χ1n) is 5.24. The molecule has 0 fully saturated rings. The summed E-state index contributed by atoms with van der Waals surface area (Å²) >= 11 is 0. The van der Waals surface area contributed by atoms with Gasteiger partial charge in [0.15, 0.2) is 0 Å². The third kappa shape index (κ3) is 3.24. The Bertz CT molecular complexity index is 349. The zero-order valence-corrected chi connectivity index (χ0v) is 9.90. The Balaban J connectivity index is 2.66. The molecule has 2 N–H and O–H groups in total. The van der Waals surface area contributed by atoms with Gasteiger partial charge in [-0.3, -0.25) is 9.69 Å². The van der Waals surface area contributed by atoms with E-state index < -0.39 is 0 Å². The highest BCUT2D eigenvalue weighted by Crippen LogP contribution is 2.20. The highest BCUT2D eigenvalue weighted by atomic mass is 16.3. The van der Waals surface area contributed by atoms with E-state index in [0.717, 1.165) is 5.56 Å². The molecule has 4 nitrogen and oxygen atoms in total. The van der Waals surface area contributed by atoms with Crippen LogP contribution in [0.2, 0.25) is 0 Å². The zero-order chi connectivity index (χ0) is 12.1. The Morgan fingerprint density at radius 3 is 2.50 bits per heavy atom. The smallest absolute Gasteiger partial charge is 0.233 e. The minimum atomic E-state index is -0.00636. The van der Waals surface area contributed by atoms with Crippen LogP contribution in [-0.2, 0) is 4.79 Å². The largest absolute Gasteiger partial charge is 0.508 e. The summed E-state index contributed by atoms with van der Waals surface area (Å²) in [5.74, 6) is 0.248. The maximum absolute atomic E-state index is 11.2. The minimum absolute atomic E-state index is 0.00636. The Morgan fingerprint density at radius 2 is 2.00 bits per heavy atom. The maximum Gasteiger partial charge on any atom is 0.233 e. The van der Waals surface area contributed by atoms with Crippen molar-refractivity contribution in [2.24, 2.45) is 0 Å². The highest BCUT2D eigenvalue weighted by Gasteiger charge is 2.13. The molecule has 0 saturated heterocycles. The van der Waals surface area contributed by atoms with Crippen LogP contribution in [0.5, 0.6) is 5.75 Å². The van der Waals surface area contributed by atoms with Crippen LogP contribution < -0.4 is 5.32 Å².